The van der Waals surface area contributed by atoms with Gasteiger partial charge in [-0.05, 0) is 42.8 Å². The van der Waals surface area contributed by atoms with Crippen LogP contribution in [0.2, 0.25) is 5.02 Å². The van der Waals surface area contributed by atoms with Gasteiger partial charge in [-0.1, -0.05) is 23.7 Å². The minimum absolute atomic E-state index is 0.00512. The van der Waals surface area contributed by atoms with E-state index in [0.29, 0.717) is 39.2 Å². The van der Waals surface area contributed by atoms with Gasteiger partial charge in [0.1, 0.15) is 5.82 Å². The first-order valence-electron chi connectivity index (χ1n) is 9.32. The molecule has 0 unspecified atom stereocenters. The van der Waals surface area contributed by atoms with Gasteiger partial charge in [0.25, 0.3) is 0 Å². The molecule has 2 aromatic carbocycles. The third-order valence-corrected chi connectivity index (χ3v) is 5.49. The van der Waals surface area contributed by atoms with E-state index in [2.05, 4.69) is 15.0 Å². The molecule has 0 fully saturated rings. The van der Waals surface area contributed by atoms with Crippen molar-refractivity contribution in [2.45, 2.75) is 6.92 Å². The zero-order valence-electron chi connectivity index (χ0n) is 16.1. The minimum Gasteiger partial charge on any atom is -0.298 e. The highest BCUT2D eigenvalue weighted by Gasteiger charge is 2.19. The fourth-order valence-electron chi connectivity index (χ4n) is 3.83. The van der Waals surface area contributed by atoms with Gasteiger partial charge in [0.15, 0.2) is 12.1 Å². The molecule has 31 heavy (non-hydrogen) atoms. The monoisotopic (exact) mass is 434 g/mol. The van der Waals surface area contributed by atoms with Crippen molar-refractivity contribution < 1.29 is 13.6 Å². The summed E-state index contributed by atoms with van der Waals surface area (Å²) in [6.45, 7) is 1.80. The van der Waals surface area contributed by atoms with Gasteiger partial charge in [0.05, 0.1) is 27.3 Å². The number of imidazole rings is 1. The summed E-state index contributed by atoms with van der Waals surface area (Å²) in [5, 5.41) is 1.29. The number of aryl methyl sites for hydroxylation is 1. The Morgan fingerprint density at radius 3 is 2.65 bits per heavy atom. The van der Waals surface area contributed by atoms with E-state index in [-0.39, 0.29) is 11.1 Å². The number of pyridine rings is 2. The van der Waals surface area contributed by atoms with E-state index in [1.54, 1.807) is 25.3 Å². The SMILES string of the molecule is Cc1nc2c(C=O)cc(-c3ccnc(F)c3F)cc2n1-c1ccnc2c(Cl)cccc12. The molecule has 0 amide bonds. The second kappa shape index (κ2) is 7.21. The molecule has 3 heterocycles. The molecular formula is C23H13ClF2N4O. The van der Waals surface area contributed by atoms with Crippen LogP contribution < -0.4 is 0 Å². The Bertz CT molecular complexity index is 1510. The molecule has 0 atom stereocenters. The molecule has 5 aromatic rings. The van der Waals surface area contributed by atoms with Crippen LogP contribution in [0.15, 0.2) is 54.9 Å². The number of nitrogens with zero attached hydrogens (tertiary/aromatic N) is 4. The van der Waals surface area contributed by atoms with Gasteiger partial charge in [-0.2, -0.15) is 4.39 Å². The average molecular weight is 435 g/mol. The third-order valence-electron chi connectivity index (χ3n) is 5.18. The Balaban J connectivity index is 1.87. The van der Waals surface area contributed by atoms with Crippen molar-refractivity contribution in [2.75, 3.05) is 0 Å². The number of benzene rings is 2. The molecule has 0 aliphatic rings. The van der Waals surface area contributed by atoms with E-state index in [4.69, 9.17) is 11.6 Å². The predicted molar refractivity (Wildman–Crippen MR) is 115 cm³/mol. The summed E-state index contributed by atoms with van der Waals surface area (Å²) in [6, 6.07) is 11.8. The van der Waals surface area contributed by atoms with Crippen molar-refractivity contribution in [2.24, 2.45) is 0 Å². The van der Waals surface area contributed by atoms with Crippen LogP contribution in [0.4, 0.5) is 8.78 Å². The van der Waals surface area contributed by atoms with Crippen molar-refractivity contribution in [1.82, 2.24) is 19.5 Å². The third kappa shape index (κ3) is 2.97. The molecule has 0 aliphatic heterocycles. The highest BCUT2D eigenvalue weighted by atomic mass is 35.5. The van der Waals surface area contributed by atoms with Crippen LogP contribution >= 0.6 is 11.6 Å². The number of carbonyl (C=O) groups excluding carboxylic acids is 1. The van der Waals surface area contributed by atoms with Gasteiger partial charge in [-0.15, -0.1) is 0 Å². The number of para-hydroxylation sites is 1. The second-order valence-electron chi connectivity index (χ2n) is 6.97. The number of aromatic nitrogens is 4. The van der Waals surface area contributed by atoms with Gasteiger partial charge in [0.2, 0.25) is 5.95 Å². The zero-order valence-corrected chi connectivity index (χ0v) is 16.9. The van der Waals surface area contributed by atoms with Gasteiger partial charge in [0, 0.05) is 28.9 Å². The molecule has 0 aliphatic carbocycles. The van der Waals surface area contributed by atoms with E-state index in [9.17, 15) is 13.6 Å². The molecular weight excluding hydrogens is 422 g/mol. The normalized spacial score (nSPS) is 11.4. The number of hydrogen-bond donors (Lipinski definition) is 0. The van der Waals surface area contributed by atoms with Crippen molar-refractivity contribution in [3.05, 3.63) is 83.0 Å². The Hall–Kier alpha value is -3.71. The van der Waals surface area contributed by atoms with Crippen molar-refractivity contribution >= 4 is 39.8 Å². The molecule has 0 bridgehead atoms. The summed E-state index contributed by atoms with van der Waals surface area (Å²) in [4.78, 5) is 24.1. The highest BCUT2D eigenvalue weighted by molar-refractivity contribution is 6.35. The number of hydrogen-bond acceptors (Lipinski definition) is 4. The molecule has 152 valence electrons. The lowest BCUT2D eigenvalue weighted by Gasteiger charge is -2.12. The van der Waals surface area contributed by atoms with Crippen molar-refractivity contribution in [3.63, 3.8) is 0 Å². The summed E-state index contributed by atoms with van der Waals surface area (Å²) in [6.07, 6.45) is 3.47. The lowest BCUT2D eigenvalue weighted by molar-refractivity contribution is 0.112. The van der Waals surface area contributed by atoms with E-state index >= 15 is 0 Å². The molecule has 0 N–H and O–H groups in total. The Morgan fingerprint density at radius 2 is 1.84 bits per heavy atom. The van der Waals surface area contributed by atoms with Crippen LogP contribution in [0.5, 0.6) is 0 Å². The molecule has 5 nitrogen and oxygen atoms in total. The number of halogens is 3. The lowest BCUT2D eigenvalue weighted by atomic mass is 10.0. The summed E-state index contributed by atoms with van der Waals surface area (Å²) < 4.78 is 30.0. The van der Waals surface area contributed by atoms with Gasteiger partial charge in [-0.3, -0.25) is 14.3 Å². The first-order valence-corrected chi connectivity index (χ1v) is 9.69. The maximum absolute atomic E-state index is 14.4. The van der Waals surface area contributed by atoms with Gasteiger partial charge >= 0.3 is 0 Å². The number of rotatable bonds is 3. The summed E-state index contributed by atoms with van der Waals surface area (Å²) >= 11 is 6.32. The van der Waals surface area contributed by atoms with E-state index in [1.165, 1.54) is 18.3 Å². The van der Waals surface area contributed by atoms with Crippen molar-refractivity contribution in [3.8, 4) is 16.8 Å². The smallest absolute Gasteiger partial charge is 0.249 e. The predicted octanol–water partition coefficient (Wildman–Crippen LogP) is 5.69. The maximum Gasteiger partial charge on any atom is 0.249 e. The van der Waals surface area contributed by atoms with E-state index < -0.39 is 11.8 Å². The average Bonchev–Trinajstić information content (AvgIpc) is 3.10. The summed E-state index contributed by atoms with van der Waals surface area (Å²) in [5.74, 6) is -1.67. The molecule has 0 saturated carbocycles. The number of fused-ring (bicyclic) bond motifs is 2. The molecule has 3 aromatic heterocycles. The molecule has 0 saturated heterocycles. The first-order chi connectivity index (χ1) is 15.0. The Kier molecular flexibility index (Phi) is 4.48. The minimum atomic E-state index is -1.20. The topological polar surface area (TPSA) is 60.7 Å². The standard InChI is InChI=1S/C23H13ClF2N4O/c1-12-29-21-14(11-31)9-13(15-5-7-28-23(26)20(15)25)10-19(21)30(12)18-6-8-27-22-16(18)3-2-4-17(22)24/h2-11H,1H3. The van der Waals surface area contributed by atoms with Crippen LogP contribution in [0.3, 0.4) is 0 Å². The fourth-order valence-corrected chi connectivity index (χ4v) is 4.05. The Morgan fingerprint density at radius 1 is 1.03 bits per heavy atom. The number of carbonyl (C=O) groups is 1. The zero-order chi connectivity index (χ0) is 21.7. The first kappa shape index (κ1) is 19.3. The molecule has 8 heteroatoms. The highest BCUT2D eigenvalue weighted by Crippen LogP contribution is 2.34. The Labute approximate surface area is 180 Å². The van der Waals surface area contributed by atoms with Crippen LogP contribution in [-0.4, -0.2) is 25.8 Å². The molecule has 5 rings (SSSR count). The van der Waals surface area contributed by atoms with E-state index in [0.717, 1.165) is 11.1 Å². The lowest BCUT2D eigenvalue weighted by Crippen LogP contribution is -2.00. The van der Waals surface area contributed by atoms with Gasteiger partial charge < -0.3 is 0 Å². The quantitative estimate of drug-likeness (QED) is 0.270. The largest absolute Gasteiger partial charge is 0.298 e. The second-order valence-corrected chi connectivity index (χ2v) is 7.38. The van der Waals surface area contributed by atoms with Crippen LogP contribution in [0.25, 0.3) is 38.8 Å². The van der Waals surface area contributed by atoms with Gasteiger partial charge in [-0.25, -0.2) is 14.4 Å². The maximum atomic E-state index is 14.4. The van der Waals surface area contributed by atoms with E-state index in [1.807, 2.05) is 22.8 Å². The van der Waals surface area contributed by atoms with Crippen LogP contribution in [-0.2, 0) is 0 Å². The molecule has 0 radical (unpaired) electrons. The van der Waals surface area contributed by atoms with Crippen molar-refractivity contribution in [1.29, 1.82) is 0 Å². The summed E-state index contributed by atoms with van der Waals surface area (Å²) in [7, 11) is 0. The molecule has 0 spiro atoms. The van der Waals surface area contributed by atoms with Crippen LogP contribution in [0, 0.1) is 18.7 Å². The van der Waals surface area contributed by atoms with Crippen LogP contribution in [0.1, 0.15) is 16.2 Å². The summed E-state index contributed by atoms with van der Waals surface area (Å²) in [5.41, 5.74) is 3.01. The fraction of sp³-hybridized carbons (Fsp3) is 0.0435. The number of aldehydes is 1.